The summed E-state index contributed by atoms with van der Waals surface area (Å²) in [6, 6.07) is 5.58. The van der Waals surface area contributed by atoms with Crippen LogP contribution in [0.4, 0.5) is 0 Å². The molecule has 3 nitrogen and oxygen atoms in total. The highest BCUT2D eigenvalue weighted by molar-refractivity contribution is 5.43. The quantitative estimate of drug-likeness (QED) is 0.854. The van der Waals surface area contributed by atoms with E-state index in [2.05, 4.69) is 6.92 Å². The van der Waals surface area contributed by atoms with Crippen molar-refractivity contribution >= 4 is 0 Å². The van der Waals surface area contributed by atoms with Crippen LogP contribution in [0.5, 0.6) is 11.5 Å². The van der Waals surface area contributed by atoms with Gasteiger partial charge in [0, 0.05) is 12.0 Å². The number of hydrogen-bond donors (Lipinski definition) is 1. The molecular formula is C13H18O3. The molecule has 0 aliphatic carbocycles. The zero-order valence-electron chi connectivity index (χ0n) is 9.77. The molecule has 0 spiro atoms. The maximum atomic E-state index is 10.0. The Balaban J connectivity index is 2.23. The lowest BCUT2D eigenvalue weighted by Gasteiger charge is -2.29. The summed E-state index contributed by atoms with van der Waals surface area (Å²) in [6.07, 6.45) is 2.44. The maximum Gasteiger partial charge on any atom is 0.125 e. The van der Waals surface area contributed by atoms with Gasteiger partial charge in [0.1, 0.15) is 17.6 Å². The van der Waals surface area contributed by atoms with Crippen molar-refractivity contribution in [2.24, 2.45) is 0 Å². The minimum absolute atomic E-state index is 0.140. The van der Waals surface area contributed by atoms with Crippen molar-refractivity contribution in [3.05, 3.63) is 23.8 Å². The molecule has 1 aromatic carbocycles. The van der Waals surface area contributed by atoms with Crippen LogP contribution >= 0.6 is 0 Å². The summed E-state index contributed by atoms with van der Waals surface area (Å²) < 4.78 is 11.0. The molecule has 16 heavy (non-hydrogen) atoms. The van der Waals surface area contributed by atoms with Gasteiger partial charge in [-0.15, -0.1) is 0 Å². The van der Waals surface area contributed by atoms with E-state index in [-0.39, 0.29) is 6.10 Å². The van der Waals surface area contributed by atoms with Gasteiger partial charge in [-0.2, -0.15) is 0 Å². The van der Waals surface area contributed by atoms with Gasteiger partial charge in [-0.05, 0) is 24.6 Å². The van der Waals surface area contributed by atoms with Gasteiger partial charge in [-0.25, -0.2) is 0 Å². The van der Waals surface area contributed by atoms with Crippen molar-refractivity contribution in [2.45, 2.75) is 38.4 Å². The highest BCUT2D eigenvalue weighted by Gasteiger charge is 2.26. The van der Waals surface area contributed by atoms with Crippen LogP contribution in [-0.4, -0.2) is 18.3 Å². The smallest absolute Gasteiger partial charge is 0.125 e. The Bertz CT molecular complexity index is 362. The monoisotopic (exact) mass is 222 g/mol. The van der Waals surface area contributed by atoms with Gasteiger partial charge < -0.3 is 14.6 Å². The molecule has 0 fully saturated rings. The Morgan fingerprint density at radius 2 is 2.31 bits per heavy atom. The van der Waals surface area contributed by atoms with E-state index in [1.165, 1.54) is 0 Å². The summed E-state index contributed by atoms with van der Waals surface area (Å²) in [5, 5.41) is 10.0. The summed E-state index contributed by atoms with van der Waals surface area (Å²) in [5.74, 6) is 1.55. The highest BCUT2D eigenvalue weighted by Crippen LogP contribution is 2.37. The largest absolute Gasteiger partial charge is 0.497 e. The molecule has 1 aromatic rings. The minimum Gasteiger partial charge on any atom is -0.497 e. The Labute approximate surface area is 96.0 Å². The Hall–Kier alpha value is -1.22. The van der Waals surface area contributed by atoms with Gasteiger partial charge in [-0.1, -0.05) is 13.3 Å². The first-order chi connectivity index (χ1) is 7.74. The van der Waals surface area contributed by atoms with E-state index in [4.69, 9.17) is 9.47 Å². The number of fused-ring (bicyclic) bond motifs is 1. The number of hydrogen-bond acceptors (Lipinski definition) is 3. The van der Waals surface area contributed by atoms with Crippen LogP contribution in [0.15, 0.2) is 18.2 Å². The van der Waals surface area contributed by atoms with Crippen LogP contribution in [0.1, 0.15) is 37.9 Å². The lowest BCUT2D eigenvalue weighted by atomic mass is 9.97. The van der Waals surface area contributed by atoms with E-state index < -0.39 is 6.10 Å². The summed E-state index contributed by atoms with van der Waals surface area (Å²) in [7, 11) is 1.62. The van der Waals surface area contributed by atoms with E-state index in [1.54, 1.807) is 7.11 Å². The number of aliphatic hydroxyl groups excluding tert-OH is 1. The predicted octanol–water partition coefficient (Wildman–Crippen LogP) is 2.68. The third-order valence-electron chi connectivity index (χ3n) is 2.97. The zero-order valence-corrected chi connectivity index (χ0v) is 9.77. The Morgan fingerprint density at radius 3 is 3.00 bits per heavy atom. The van der Waals surface area contributed by atoms with Gasteiger partial charge in [0.15, 0.2) is 0 Å². The van der Waals surface area contributed by atoms with Gasteiger partial charge in [-0.3, -0.25) is 0 Å². The Morgan fingerprint density at radius 1 is 1.50 bits per heavy atom. The van der Waals surface area contributed by atoms with Gasteiger partial charge in [0.05, 0.1) is 13.2 Å². The first-order valence-corrected chi connectivity index (χ1v) is 5.77. The van der Waals surface area contributed by atoms with Gasteiger partial charge in [0.2, 0.25) is 0 Å². The molecule has 1 aliphatic heterocycles. The van der Waals surface area contributed by atoms with Crippen LogP contribution in [0.3, 0.4) is 0 Å². The van der Waals surface area contributed by atoms with E-state index in [1.807, 2.05) is 18.2 Å². The molecule has 1 heterocycles. The van der Waals surface area contributed by atoms with E-state index in [9.17, 15) is 5.11 Å². The molecule has 0 bridgehead atoms. The number of benzene rings is 1. The van der Waals surface area contributed by atoms with Crippen LogP contribution in [0.2, 0.25) is 0 Å². The third kappa shape index (κ3) is 2.14. The predicted molar refractivity (Wildman–Crippen MR) is 61.9 cm³/mol. The van der Waals surface area contributed by atoms with Crippen molar-refractivity contribution in [2.75, 3.05) is 7.11 Å². The van der Waals surface area contributed by atoms with Crippen LogP contribution in [0.25, 0.3) is 0 Å². The molecule has 0 aromatic heterocycles. The highest BCUT2D eigenvalue weighted by atomic mass is 16.5. The van der Waals surface area contributed by atoms with Crippen molar-refractivity contribution in [1.29, 1.82) is 0 Å². The molecule has 3 heteroatoms. The molecule has 1 aliphatic rings. The van der Waals surface area contributed by atoms with Crippen molar-refractivity contribution in [3.63, 3.8) is 0 Å². The summed E-state index contributed by atoms with van der Waals surface area (Å²) in [6.45, 7) is 2.12. The molecule has 0 amide bonds. The van der Waals surface area contributed by atoms with Gasteiger partial charge >= 0.3 is 0 Å². The second-order valence-corrected chi connectivity index (χ2v) is 4.18. The molecule has 0 saturated carbocycles. The molecule has 88 valence electrons. The topological polar surface area (TPSA) is 38.7 Å². The second kappa shape index (κ2) is 4.74. The number of aliphatic hydroxyl groups is 1. The molecule has 0 radical (unpaired) electrons. The van der Waals surface area contributed by atoms with Crippen LogP contribution in [-0.2, 0) is 0 Å². The zero-order chi connectivity index (χ0) is 11.5. The second-order valence-electron chi connectivity index (χ2n) is 4.18. The number of rotatable bonds is 3. The molecule has 1 N–H and O–H groups in total. The summed E-state index contributed by atoms with van der Waals surface area (Å²) >= 11 is 0. The van der Waals surface area contributed by atoms with Crippen molar-refractivity contribution in [1.82, 2.24) is 0 Å². The van der Waals surface area contributed by atoms with E-state index >= 15 is 0 Å². The molecule has 0 saturated heterocycles. The summed E-state index contributed by atoms with van der Waals surface area (Å²) in [5.41, 5.74) is 0.840. The lowest BCUT2D eigenvalue weighted by Crippen LogP contribution is -2.25. The fraction of sp³-hybridized carbons (Fsp3) is 0.538. The first-order valence-electron chi connectivity index (χ1n) is 5.77. The third-order valence-corrected chi connectivity index (χ3v) is 2.97. The molecule has 2 atom stereocenters. The lowest BCUT2D eigenvalue weighted by molar-refractivity contribution is 0.0612. The fourth-order valence-corrected chi connectivity index (χ4v) is 2.12. The standard InChI is InChI=1S/C13H18O3/c1-3-4-10-8-12(14)11-7-9(15-2)5-6-13(11)16-10/h5-7,10,12,14H,3-4,8H2,1-2H3. The van der Waals surface area contributed by atoms with Crippen LogP contribution < -0.4 is 9.47 Å². The van der Waals surface area contributed by atoms with Gasteiger partial charge in [0.25, 0.3) is 0 Å². The normalized spacial score (nSPS) is 23.4. The first kappa shape index (κ1) is 11.3. The van der Waals surface area contributed by atoms with E-state index in [0.29, 0.717) is 6.42 Å². The molecule has 2 rings (SSSR count). The van der Waals surface area contributed by atoms with Crippen molar-refractivity contribution < 1.29 is 14.6 Å². The number of ether oxygens (including phenoxy) is 2. The Kier molecular flexibility index (Phi) is 3.34. The average molecular weight is 222 g/mol. The SMILES string of the molecule is CCCC1CC(O)c2cc(OC)ccc2O1. The van der Waals surface area contributed by atoms with Crippen LogP contribution in [0, 0.1) is 0 Å². The molecular weight excluding hydrogens is 204 g/mol. The minimum atomic E-state index is -0.435. The average Bonchev–Trinajstić information content (AvgIpc) is 2.29. The maximum absolute atomic E-state index is 10.0. The van der Waals surface area contributed by atoms with Crippen molar-refractivity contribution in [3.8, 4) is 11.5 Å². The molecule has 2 unspecified atom stereocenters. The van der Waals surface area contributed by atoms with E-state index in [0.717, 1.165) is 29.9 Å². The summed E-state index contributed by atoms with van der Waals surface area (Å²) in [4.78, 5) is 0. The number of methoxy groups -OCH3 is 1. The fourth-order valence-electron chi connectivity index (χ4n) is 2.12.